The lowest BCUT2D eigenvalue weighted by Gasteiger charge is -2.51. The molecule has 2 saturated carbocycles. The highest BCUT2D eigenvalue weighted by atomic mass is 19.1. The van der Waals surface area contributed by atoms with Crippen LogP contribution in [0.25, 0.3) is 0 Å². The molecule has 3 rings (SSSR count). The molecule has 104 valence electrons. The molecule has 1 N–H and O–H groups in total. The summed E-state index contributed by atoms with van der Waals surface area (Å²) in [4.78, 5) is 0. The molecule has 0 aliphatic heterocycles. The van der Waals surface area contributed by atoms with Crippen LogP contribution in [0.15, 0.2) is 18.2 Å². The Balaban J connectivity index is 2.18. The monoisotopic (exact) mass is 262 g/mol. The molecular formula is C17H23FO. The second kappa shape index (κ2) is 3.60. The average molecular weight is 262 g/mol. The van der Waals surface area contributed by atoms with E-state index in [0.29, 0.717) is 11.5 Å². The lowest BCUT2D eigenvalue weighted by molar-refractivity contribution is -0.150. The van der Waals surface area contributed by atoms with Crippen molar-refractivity contribution in [2.24, 2.45) is 16.7 Å². The molecule has 0 spiro atoms. The number of hydrogen-bond acceptors (Lipinski definition) is 1. The number of benzene rings is 1. The zero-order chi connectivity index (χ0) is 14.1. The molecule has 0 heterocycles. The largest absolute Gasteiger partial charge is 0.384 e. The Morgan fingerprint density at radius 3 is 2.47 bits per heavy atom. The van der Waals surface area contributed by atoms with E-state index in [1.807, 2.05) is 6.07 Å². The van der Waals surface area contributed by atoms with E-state index in [0.717, 1.165) is 18.4 Å². The van der Waals surface area contributed by atoms with Gasteiger partial charge in [-0.3, -0.25) is 0 Å². The average Bonchev–Trinajstić information content (AvgIpc) is 2.80. The summed E-state index contributed by atoms with van der Waals surface area (Å²) in [6.07, 6.45) is 3.34. The predicted octanol–water partition coefficient (Wildman–Crippen LogP) is 4.17. The number of halogens is 1. The second-order valence-corrected chi connectivity index (χ2v) is 7.40. The van der Waals surface area contributed by atoms with Gasteiger partial charge >= 0.3 is 0 Å². The molecule has 0 amide bonds. The Labute approximate surface area is 114 Å². The Morgan fingerprint density at radius 2 is 1.95 bits per heavy atom. The summed E-state index contributed by atoms with van der Waals surface area (Å²) < 4.78 is 13.5. The maximum atomic E-state index is 13.5. The number of aryl methyl sites for hydroxylation is 1. The number of aliphatic hydroxyl groups is 1. The minimum atomic E-state index is -0.846. The first-order valence-corrected chi connectivity index (χ1v) is 7.21. The fourth-order valence-electron chi connectivity index (χ4n) is 4.85. The van der Waals surface area contributed by atoms with Crippen molar-refractivity contribution in [1.29, 1.82) is 0 Å². The summed E-state index contributed by atoms with van der Waals surface area (Å²) in [7, 11) is 0. The van der Waals surface area contributed by atoms with Gasteiger partial charge in [0.1, 0.15) is 11.4 Å². The Kier molecular flexibility index (Phi) is 2.49. The molecular weight excluding hydrogens is 239 g/mol. The molecule has 0 aromatic heterocycles. The van der Waals surface area contributed by atoms with Gasteiger partial charge in [0.05, 0.1) is 0 Å². The van der Waals surface area contributed by atoms with E-state index in [1.54, 1.807) is 13.0 Å². The fourth-order valence-corrected chi connectivity index (χ4v) is 4.85. The van der Waals surface area contributed by atoms with Crippen LogP contribution in [0.5, 0.6) is 0 Å². The van der Waals surface area contributed by atoms with Crippen LogP contribution < -0.4 is 0 Å². The summed E-state index contributed by atoms with van der Waals surface area (Å²) in [5.41, 5.74) is 0.436. The van der Waals surface area contributed by atoms with Crippen molar-refractivity contribution in [1.82, 2.24) is 0 Å². The van der Waals surface area contributed by atoms with Gasteiger partial charge in [0.2, 0.25) is 0 Å². The lowest BCUT2D eigenvalue weighted by atomic mass is 9.57. The van der Waals surface area contributed by atoms with Crippen LogP contribution in [-0.4, -0.2) is 5.11 Å². The van der Waals surface area contributed by atoms with Crippen LogP contribution in [0.1, 0.15) is 51.2 Å². The molecule has 0 saturated heterocycles. The fraction of sp³-hybridized carbons (Fsp3) is 0.647. The molecule has 2 aliphatic carbocycles. The molecule has 3 atom stereocenters. The van der Waals surface area contributed by atoms with E-state index in [4.69, 9.17) is 0 Å². The molecule has 1 nitrogen and oxygen atoms in total. The molecule has 2 aliphatic rings. The Bertz CT molecular complexity index is 529. The molecule has 2 bridgehead atoms. The van der Waals surface area contributed by atoms with E-state index in [2.05, 4.69) is 20.8 Å². The molecule has 3 unspecified atom stereocenters. The Hall–Kier alpha value is -0.890. The summed E-state index contributed by atoms with van der Waals surface area (Å²) in [6.45, 7) is 8.30. The summed E-state index contributed by atoms with van der Waals surface area (Å²) >= 11 is 0. The van der Waals surface area contributed by atoms with Crippen molar-refractivity contribution in [2.75, 3.05) is 0 Å². The van der Waals surface area contributed by atoms with Crippen molar-refractivity contribution in [3.8, 4) is 0 Å². The quantitative estimate of drug-likeness (QED) is 0.805. The highest BCUT2D eigenvalue weighted by molar-refractivity contribution is 5.36. The molecule has 2 fully saturated rings. The van der Waals surface area contributed by atoms with Crippen LogP contribution in [0.3, 0.4) is 0 Å². The Morgan fingerprint density at radius 1 is 1.26 bits per heavy atom. The summed E-state index contributed by atoms with van der Waals surface area (Å²) in [5.74, 6) is 0.367. The van der Waals surface area contributed by atoms with Gasteiger partial charge in [0, 0.05) is 10.8 Å². The van der Waals surface area contributed by atoms with Crippen LogP contribution in [0, 0.1) is 29.5 Å². The number of rotatable bonds is 1. The summed E-state index contributed by atoms with van der Waals surface area (Å²) in [6, 6.07) is 5.10. The molecule has 2 heteroatoms. The standard InChI is InChI=1S/C17H23FO/c1-11-9-12(5-6-14(11)18)17(19)15(2,3)13-7-8-16(17,4)10-13/h5-6,9,13,19H,7-8,10H2,1-4H3. The van der Waals surface area contributed by atoms with Crippen LogP contribution in [-0.2, 0) is 5.60 Å². The van der Waals surface area contributed by atoms with Gasteiger partial charge in [-0.25, -0.2) is 4.39 Å². The third kappa shape index (κ3) is 1.38. The molecule has 1 aromatic carbocycles. The third-order valence-corrected chi connectivity index (χ3v) is 6.14. The van der Waals surface area contributed by atoms with E-state index >= 15 is 0 Å². The topological polar surface area (TPSA) is 20.2 Å². The smallest absolute Gasteiger partial charge is 0.126 e. The minimum absolute atomic E-state index is 0.0779. The van der Waals surface area contributed by atoms with Crippen molar-refractivity contribution in [3.05, 3.63) is 35.1 Å². The van der Waals surface area contributed by atoms with Crippen molar-refractivity contribution in [3.63, 3.8) is 0 Å². The summed E-state index contributed by atoms with van der Waals surface area (Å²) in [5, 5.41) is 11.5. The normalized spacial score (nSPS) is 39.8. The first-order valence-electron chi connectivity index (χ1n) is 7.21. The van der Waals surface area contributed by atoms with Crippen LogP contribution >= 0.6 is 0 Å². The van der Waals surface area contributed by atoms with Gasteiger partial charge in [-0.1, -0.05) is 32.9 Å². The van der Waals surface area contributed by atoms with Gasteiger partial charge in [0.15, 0.2) is 0 Å². The van der Waals surface area contributed by atoms with Gasteiger partial charge in [-0.15, -0.1) is 0 Å². The predicted molar refractivity (Wildman–Crippen MR) is 74.3 cm³/mol. The van der Waals surface area contributed by atoms with E-state index in [9.17, 15) is 9.50 Å². The number of fused-ring (bicyclic) bond motifs is 2. The van der Waals surface area contributed by atoms with Crippen molar-refractivity contribution >= 4 is 0 Å². The maximum Gasteiger partial charge on any atom is 0.126 e. The van der Waals surface area contributed by atoms with E-state index in [-0.39, 0.29) is 16.6 Å². The highest BCUT2D eigenvalue weighted by Gasteiger charge is 2.68. The first kappa shape index (κ1) is 13.1. The van der Waals surface area contributed by atoms with Gasteiger partial charge < -0.3 is 5.11 Å². The SMILES string of the molecule is Cc1cc(C2(O)C3(C)CCC(C3)C2(C)C)ccc1F. The zero-order valence-corrected chi connectivity index (χ0v) is 12.3. The first-order chi connectivity index (χ1) is 8.72. The van der Waals surface area contributed by atoms with Crippen LogP contribution in [0.4, 0.5) is 4.39 Å². The molecule has 0 radical (unpaired) electrons. The van der Waals surface area contributed by atoms with Gasteiger partial charge in [-0.2, -0.15) is 0 Å². The number of hydrogen-bond donors (Lipinski definition) is 1. The highest BCUT2D eigenvalue weighted by Crippen LogP contribution is 2.71. The third-order valence-electron chi connectivity index (χ3n) is 6.14. The van der Waals surface area contributed by atoms with Crippen LogP contribution in [0.2, 0.25) is 0 Å². The van der Waals surface area contributed by atoms with Gasteiger partial charge in [-0.05, 0) is 49.3 Å². The maximum absolute atomic E-state index is 13.5. The van der Waals surface area contributed by atoms with E-state index < -0.39 is 5.60 Å². The zero-order valence-electron chi connectivity index (χ0n) is 12.3. The molecule has 19 heavy (non-hydrogen) atoms. The van der Waals surface area contributed by atoms with Gasteiger partial charge in [0.25, 0.3) is 0 Å². The lowest BCUT2D eigenvalue weighted by Crippen LogP contribution is -2.51. The van der Waals surface area contributed by atoms with Crippen molar-refractivity contribution < 1.29 is 9.50 Å². The minimum Gasteiger partial charge on any atom is -0.384 e. The second-order valence-electron chi connectivity index (χ2n) is 7.40. The molecule has 1 aromatic rings. The van der Waals surface area contributed by atoms with Crippen molar-refractivity contribution in [2.45, 2.75) is 52.6 Å². The van der Waals surface area contributed by atoms with E-state index in [1.165, 1.54) is 12.5 Å².